The van der Waals surface area contributed by atoms with E-state index < -0.39 is 60.3 Å². The zero-order valence-electron chi connectivity index (χ0n) is 24.2. The highest BCUT2D eigenvalue weighted by molar-refractivity contribution is 5.88. The molecule has 0 bridgehead atoms. The Labute approximate surface area is 240 Å². The number of aliphatic hydroxyl groups excluding tert-OH is 3. The Morgan fingerprint density at radius 1 is 1.10 bits per heavy atom. The normalized spacial score (nSPS) is 36.6. The molecule has 3 aliphatic rings. The molecule has 11 atom stereocenters. The second-order valence-corrected chi connectivity index (χ2v) is 12.4. The van der Waals surface area contributed by atoms with Crippen molar-refractivity contribution in [1.82, 2.24) is 5.32 Å². The maximum absolute atomic E-state index is 12.9. The first-order chi connectivity index (χ1) is 19.3. The summed E-state index contributed by atoms with van der Waals surface area (Å²) in [4.78, 5) is 37.5. The fourth-order valence-corrected chi connectivity index (χ4v) is 7.85. The van der Waals surface area contributed by atoms with Crippen molar-refractivity contribution in [3.8, 4) is 5.75 Å². The van der Waals surface area contributed by atoms with E-state index in [2.05, 4.69) is 19.2 Å². The number of hydrogen-bond acceptors (Lipinski definition) is 9. The van der Waals surface area contributed by atoms with Gasteiger partial charge in [-0.25, -0.2) is 4.79 Å². The van der Waals surface area contributed by atoms with E-state index in [0.29, 0.717) is 24.7 Å². The van der Waals surface area contributed by atoms with E-state index in [0.717, 1.165) is 24.8 Å². The van der Waals surface area contributed by atoms with Crippen LogP contribution < -0.4 is 11.1 Å². The third kappa shape index (κ3) is 5.95. The van der Waals surface area contributed by atoms with E-state index in [1.807, 2.05) is 13.0 Å². The van der Waals surface area contributed by atoms with Crippen molar-refractivity contribution in [1.29, 1.82) is 0 Å². The van der Waals surface area contributed by atoms with Gasteiger partial charge in [0.1, 0.15) is 11.9 Å². The van der Waals surface area contributed by atoms with Crippen molar-refractivity contribution in [3.63, 3.8) is 0 Å². The minimum absolute atomic E-state index is 0.242. The SMILES string of the molecule is COC1CCC(NC(=O)C(O)C(O)C(=O)OC2CCC3C(C)C(c4ccc(O)cc4C)CCC23C)C(O)C1C(N)=O. The number of hydrogen-bond donors (Lipinski definition) is 6. The van der Waals surface area contributed by atoms with Gasteiger partial charge in [-0.3, -0.25) is 9.59 Å². The van der Waals surface area contributed by atoms with Crippen LogP contribution in [-0.2, 0) is 23.9 Å². The van der Waals surface area contributed by atoms with Crippen LogP contribution in [0.25, 0.3) is 0 Å². The van der Waals surface area contributed by atoms with Crippen LogP contribution in [0.3, 0.4) is 0 Å². The van der Waals surface area contributed by atoms with Gasteiger partial charge in [0.2, 0.25) is 5.91 Å². The largest absolute Gasteiger partial charge is 0.508 e. The van der Waals surface area contributed by atoms with Crippen molar-refractivity contribution in [2.75, 3.05) is 7.11 Å². The molecule has 11 nitrogen and oxygen atoms in total. The molecule has 0 aliphatic heterocycles. The molecule has 4 rings (SSSR count). The lowest BCUT2D eigenvalue weighted by atomic mass is 9.59. The number of phenols is 1. The molecular weight excluding hydrogens is 532 g/mol. The van der Waals surface area contributed by atoms with Crippen LogP contribution in [-0.4, -0.2) is 81.9 Å². The number of esters is 1. The zero-order chi connectivity index (χ0) is 30.2. The van der Waals surface area contributed by atoms with Crippen LogP contribution in [0.15, 0.2) is 18.2 Å². The van der Waals surface area contributed by atoms with Crippen LogP contribution >= 0.6 is 0 Å². The number of primary amides is 1. The summed E-state index contributed by atoms with van der Waals surface area (Å²) in [5.74, 6) is -2.87. The molecule has 11 heteroatoms. The number of rotatable bonds is 8. The summed E-state index contributed by atoms with van der Waals surface area (Å²) in [6.45, 7) is 6.31. The maximum Gasteiger partial charge on any atom is 0.338 e. The number of carbonyl (C=O) groups excluding carboxylic acids is 3. The van der Waals surface area contributed by atoms with Crippen LogP contribution in [0.1, 0.15) is 69.4 Å². The molecule has 228 valence electrons. The van der Waals surface area contributed by atoms with Gasteiger partial charge in [-0.15, -0.1) is 0 Å². The Morgan fingerprint density at radius 3 is 2.44 bits per heavy atom. The third-order valence-corrected chi connectivity index (χ3v) is 10.2. The van der Waals surface area contributed by atoms with Gasteiger partial charge in [0.25, 0.3) is 5.91 Å². The number of aryl methyl sites for hydroxylation is 1. The van der Waals surface area contributed by atoms with Gasteiger partial charge >= 0.3 is 5.97 Å². The summed E-state index contributed by atoms with van der Waals surface area (Å²) in [5, 5.41) is 43.9. The number of nitrogens with one attached hydrogen (secondary N) is 1. The molecule has 0 radical (unpaired) electrons. The van der Waals surface area contributed by atoms with Crippen molar-refractivity contribution in [2.24, 2.45) is 28.9 Å². The predicted molar refractivity (Wildman–Crippen MR) is 147 cm³/mol. The lowest BCUT2D eigenvalue weighted by molar-refractivity contribution is -0.175. The number of nitrogens with two attached hydrogens (primary N) is 1. The Balaban J connectivity index is 1.36. The number of aromatic hydroxyl groups is 1. The lowest BCUT2D eigenvalue weighted by Crippen LogP contribution is -2.59. The molecule has 1 aromatic carbocycles. The first-order valence-electron chi connectivity index (χ1n) is 14.5. The molecule has 3 fully saturated rings. The van der Waals surface area contributed by atoms with Crippen LogP contribution in [0.5, 0.6) is 5.75 Å². The number of aliphatic hydroxyl groups is 3. The average Bonchev–Trinajstić information content (AvgIpc) is 3.25. The summed E-state index contributed by atoms with van der Waals surface area (Å²) < 4.78 is 11.0. The first-order valence-corrected chi connectivity index (χ1v) is 14.5. The average molecular weight is 577 g/mol. The van der Waals surface area contributed by atoms with Crippen molar-refractivity contribution in [2.45, 2.75) is 102 Å². The lowest BCUT2D eigenvalue weighted by Gasteiger charge is -2.47. The van der Waals surface area contributed by atoms with Crippen LogP contribution in [0.4, 0.5) is 0 Å². The van der Waals surface area contributed by atoms with Crippen molar-refractivity contribution in [3.05, 3.63) is 29.3 Å². The summed E-state index contributed by atoms with van der Waals surface area (Å²) in [6.07, 6.45) is -2.99. The molecule has 41 heavy (non-hydrogen) atoms. The fraction of sp³-hybridized carbons (Fsp3) is 0.700. The van der Waals surface area contributed by atoms with Gasteiger partial charge in [0.05, 0.1) is 24.2 Å². The molecular formula is C30H44N2O9. The highest BCUT2D eigenvalue weighted by Crippen LogP contribution is 2.59. The number of benzene rings is 1. The first kappa shape index (κ1) is 31.2. The van der Waals surface area contributed by atoms with Gasteiger partial charge in [0, 0.05) is 12.5 Å². The summed E-state index contributed by atoms with van der Waals surface area (Å²) in [5.41, 5.74) is 7.34. The van der Waals surface area contributed by atoms with Crippen LogP contribution in [0, 0.1) is 30.1 Å². The Hall–Kier alpha value is -2.73. The molecule has 3 aliphatic carbocycles. The third-order valence-electron chi connectivity index (χ3n) is 10.2. The number of methoxy groups -OCH3 is 1. The minimum Gasteiger partial charge on any atom is -0.508 e. The Bertz CT molecular complexity index is 1140. The number of fused-ring (bicyclic) bond motifs is 1. The summed E-state index contributed by atoms with van der Waals surface area (Å²) >= 11 is 0. The van der Waals surface area contributed by atoms with E-state index >= 15 is 0 Å². The molecule has 0 saturated heterocycles. The van der Waals surface area contributed by atoms with Gasteiger partial charge in [0.15, 0.2) is 12.2 Å². The standard InChI is InChI=1S/C30H44N2O9/c1-14-13-16(33)5-6-17(14)18-11-12-30(3)19(15(18)2)7-10-22(30)41-29(39)26(36)25(35)28(38)32-20-8-9-21(40-4)23(24(20)34)27(31)37/h5-6,13,15,18-26,33-36H,7-12H2,1-4H3,(H2,31,37)(H,32,38). The highest BCUT2D eigenvalue weighted by Gasteiger charge is 2.55. The molecule has 11 unspecified atom stereocenters. The molecule has 0 aromatic heterocycles. The zero-order valence-corrected chi connectivity index (χ0v) is 24.2. The topological polar surface area (TPSA) is 189 Å². The molecule has 1 aromatic rings. The van der Waals surface area contributed by atoms with E-state index in [1.54, 1.807) is 12.1 Å². The minimum atomic E-state index is -2.13. The Morgan fingerprint density at radius 2 is 1.80 bits per heavy atom. The number of amides is 2. The second-order valence-electron chi connectivity index (χ2n) is 12.4. The molecule has 7 N–H and O–H groups in total. The second kappa shape index (κ2) is 12.2. The van der Waals surface area contributed by atoms with Gasteiger partial charge in [-0.2, -0.15) is 0 Å². The van der Waals surface area contributed by atoms with Crippen molar-refractivity contribution < 1.29 is 44.3 Å². The number of ether oxygens (including phenoxy) is 2. The summed E-state index contributed by atoms with van der Waals surface area (Å²) in [6, 6.07) is 4.55. The Kier molecular flexibility index (Phi) is 9.32. The molecule has 2 amide bonds. The summed E-state index contributed by atoms with van der Waals surface area (Å²) in [7, 11) is 1.40. The number of carbonyl (C=O) groups is 3. The quantitative estimate of drug-likeness (QED) is 0.246. The fourth-order valence-electron chi connectivity index (χ4n) is 7.85. The number of phenolic OH excluding ortho intramolecular Hbond substituents is 1. The van der Waals surface area contributed by atoms with Crippen molar-refractivity contribution >= 4 is 17.8 Å². The van der Waals surface area contributed by atoms with Gasteiger partial charge < -0.3 is 41.0 Å². The smallest absolute Gasteiger partial charge is 0.338 e. The maximum atomic E-state index is 12.9. The van der Waals surface area contributed by atoms with E-state index in [9.17, 15) is 34.8 Å². The predicted octanol–water partition coefficient (Wildman–Crippen LogP) is 1.02. The van der Waals surface area contributed by atoms with Gasteiger partial charge in [-0.05, 0) is 86.5 Å². The van der Waals surface area contributed by atoms with Gasteiger partial charge in [-0.1, -0.05) is 19.9 Å². The monoisotopic (exact) mass is 576 g/mol. The molecule has 3 saturated carbocycles. The van der Waals surface area contributed by atoms with Crippen LogP contribution in [0.2, 0.25) is 0 Å². The van der Waals surface area contributed by atoms with E-state index in [1.165, 1.54) is 12.7 Å². The molecule has 0 spiro atoms. The van der Waals surface area contributed by atoms with E-state index in [4.69, 9.17) is 15.2 Å². The highest BCUT2D eigenvalue weighted by atomic mass is 16.6. The van der Waals surface area contributed by atoms with E-state index in [-0.39, 0.29) is 23.5 Å². The molecule has 0 heterocycles.